The molecule has 0 amide bonds. The molecule has 0 aliphatic heterocycles. The Labute approximate surface area is 131 Å². The number of hydrogen-bond donors (Lipinski definition) is 0. The van der Waals surface area contributed by atoms with Crippen molar-refractivity contribution >= 4 is 37.5 Å². The van der Waals surface area contributed by atoms with Crippen LogP contribution in [0.2, 0.25) is 0 Å². The van der Waals surface area contributed by atoms with Gasteiger partial charge in [-0.15, -0.1) is 11.3 Å². The molecule has 0 aliphatic rings. The monoisotopic (exact) mass is 310 g/mol. The van der Waals surface area contributed by atoms with E-state index in [0.717, 1.165) is 20.3 Å². The molecular weight excluding hydrogens is 296 g/mol. The first-order valence-electron chi connectivity index (χ1n) is 6.85. The summed E-state index contributed by atoms with van der Waals surface area (Å²) in [6.45, 7) is 5.65. The molecule has 3 rings (SSSR count). The van der Waals surface area contributed by atoms with E-state index in [0.29, 0.717) is 10.9 Å². The Balaban J connectivity index is 2.19. The summed E-state index contributed by atoms with van der Waals surface area (Å²) in [4.78, 5) is 24.5. The Morgan fingerprint density at radius 2 is 2.00 bits per heavy atom. The van der Waals surface area contributed by atoms with E-state index in [2.05, 4.69) is 6.58 Å². The summed E-state index contributed by atoms with van der Waals surface area (Å²) in [5, 5.41) is 1.35. The summed E-state index contributed by atoms with van der Waals surface area (Å²) in [6.07, 6.45) is 1.52. The lowest BCUT2D eigenvalue weighted by Crippen LogP contribution is -2.06. The molecule has 0 N–H and O–H groups in total. The molecule has 0 bridgehead atoms. The highest BCUT2D eigenvalue weighted by Crippen LogP contribution is 2.26. The third kappa shape index (κ3) is 2.53. The van der Waals surface area contributed by atoms with Crippen molar-refractivity contribution in [3.05, 3.63) is 70.4 Å². The molecule has 2 aromatic carbocycles. The first kappa shape index (κ1) is 14.5. The average molecular weight is 310 g/mol. The zero-order chi connectivity index (χ0) is 15.7. The van der Waals surface area contributed by atoms with Gasteiger partial charge >= 0.3 is 5.97 Å². The van der Waals surface area contributed by atoms with Gasteiger partial charge in [-0.1, -0.05) is 24.3 Å². The van der Waals surface area contributed by atoms with Crippen LogP contribution in [-0.4, -0.2) is 12.6 Å². The fourth-order valence-electron chi connectivity index (χ4n) is 2.31. The van der Waals surface area contributed by atoms with Crippen molar-refractivity contribution < 1.29 is 9.53 Å². The van der Waals surface area contributed by atoms with E-state index < -0.39 is 5.97 Å². The van der Waals surface area contributed by atoms with Crippen molar-refractivity contribution in [2.45, 2.75) is 6.92 Å². The minimum Gasteiger partial charge on any atom is -0.458 e. The van der Waals surface area contributed by atoms with Gasteiger partial charge < -0.3 is 4.74 Å². The maximum absolute atomic E-state index is 12.6. The van der Waals surface area contributed by atoms with Gasteiger partial charge in [0.2, 0.25) is 0 Å². The summed E-state index contributed by atoms with van der Waals surface area (Å²) in [6, 6.07) is 10.9. The van der Waals surface area contributed by atoms with Crippen LogP contribution < -0.4 is 5.43 Å². The zero-order valence-electron chi connectivity index (χ0n) is 12.1. The second-order valence-corrected chi connectivity index (χ2v) is 6.11. The summed E-state index contributed by atoms with van der Waals surface area (Å²) < 4.78 is 6.73. The van der Waals surface area contributed by atoms with Crippen LogP contribution in [0.5, 0.6) is 0 Å². The van der Waals surface area contributed by atoms with E-state index in [1.165, 1.54) is 17.4 Å². The number of ether oxygens (including phenoxy) is 1. The van der Waals surface area contributed by atoms with Crippen LogP contribution in [0.4, 0.5) is 0 Å². The fraction of sp³-hybridized carbons (Fsp3) is 0.111. The molecule has 1 heterocycles. The van der Waals surface area contributed by atoms with Crippen LogP contribution in [-0.2, 0) is 4.74 Å². The van der Waals surface area contributed by atoms with Gasteiger partial charge in [0.25, 0.3) is 0 Å². The van der Waals surface area contributed by atoms with Crippen LogP contribution in [0.25, 0.3) is 20.2 Å². The van der Waals surface area contributed by atoms with Crippen LogP contribution >= 0.6 is 11.3 Å². The van der Waals surface area contributed by atoms with Crippen LogP contribution in [0.1, 0.15) is 15.9 Å². The molecule has 3 aromatic rings. The largest absolute Gasteiger partial charge is 0.458 e. The number of benzene rings is 2. The number of hydrogen-bond acceptors (Lipinski definition) is 4. The summed E-state index contributed by atoms with van der Waals surface area (Å²) in [5.41, 5.74) is 1.50. The van der Waals surface area contributed by atoms with E-state index >= 15 is 0 Å². The third-order valence-electron chi connectivity index (χ3n) is 3.39. The molecule has 0 atom stereocenters. The number of esters is 1. The highest BCUT2D eigenvalue weighted by molar-refractivity contribution is 7.24. The topological polar surface area (TPSA) is 43.4 Å². The molecule has 22 heavy (non-hydrogen) atoms. The molecule has 0 aliphatic carbocycles. The van der Waals surface area contributed by atoms with Crippen molar-refractivity contribution in [2.24, 2.45) is 0 Å². The quantitative estimate of drug-likeness (QED) is 0.416. The van der Waals surface area contributed by atoms with Gasteiger partial charge in [0.1, 0.15) is 6.61 Å². The normalized spacial score (nSPS) is 10.8. The zero-order valence-corrected chi connectivity index (χ0v) is 12.9. The van der Waals surface area contributed by atoms with E-state index in [-0.39, 0.29) is 12.0 Å². The Hall–Kier alpha value is -2.46. The molecule has 110 valence electrons. The Bertz CT molecular complexity index is 954. The van der Waals surface area contributed by atoms with Crippen molar-refractivity contribution in [1.29, 1.82) is 0 Å². The molecule has 0 saturated carbocycles. The lowest BCUT2D eigenvalue weighted by Gasteiger charge is -2.05. The summed E-state index contributed by atoms with van der Waals surface area (Å²) in [7, 11) is 0. The Morgan fingerprint density at radius 1 is 1.18 bits per heavy atom. The molecule has 3 nitrogen and oxygen atoms in total. The van der Waals surface area contributed by atoms with Gasteiger partial charge in [-0.25, -0.2) is 4.79 Å². The number of carbonyl (C=O) groups excluding carboxylic acids is 1. The maximum Gasteiger partial charge on any atom is 0.338 e. The third-order valence-corrected chi connectivity index (χ3v) is 4.53. The number of rotatable bonds is 3. The number of aryl methyl sites for hydroxylation is 1. The van der Waals surface area contributed by atoms with E-state index in [1.54, 1.807) is 18.2 Å². The maximum atomic E-state index is 12.6. The molecule has 0 fully saturated rings. The second kappa shape index (κ2) is 5.73. The minimum atomic E-state index is -0.412. The van der Waals surface area contributed by atoms with Crippen molar-refractivity contribution in [2.75, 3.05) is 6.61 Å². The summed E-state index contributed by atoms with van der Waals surface area (Å²) >= 11 is 1.50. The molecule has 1 aromatic heterocycles. The van der Waals surface area contributed by atoms with Gasteiger partial charge in [-0.3, -0.25) is 4.79 Å². The van der Waals surface area contributed by atoms with Gasteiger partial charge in [0.05, 0.1) is 5.56 Å². The average Bonchev–Trinajstić information content (AvgIpc) is 2.53. The molecule has 0 unspecified atom stereocenters. The molecule has 4 heteroatoms. The van der Waals surface area contributed by atoms with Crippen LogP contribution in [0.15, 0.2) is 53.8 Å². The Morgan fingerprint density at radius 3 is 2.77 bits per heavy atom. The number of carbonyl (C=O) groups is 1. The van der Waals surface area contributed by atoms with Crippen LogP contribution in [0, 0.1) is 6.92 Å². The lowest BCUT2D eigenvalue weighted by atomic mass is 10.1. The second-order valence-electron chi connectivity index (χ2n) is 5.03. The minimum absolute atomic E-state index is 0.00143. The molecular formula is C18H14O3S. The number of fused-ring (bicyclic) bond motifs is 2. The molecule has 0 radical (unpaired) electrons. The van der Waals surface area contributed by atoms with Gasteiger partial charge in [0.15, 0.2) is 5.43 Å². The van der Waals surface area contributed by atoms with Gasteiger partial charge in [-0.2, -0.15) is 0 Å². The van der Waals surface area contributed by atoms with Crippen molar-refractivity contribution in [3.63, 3.8) is 0 Å². The fourth-order valence-corrected chi connectivity index (χ4v) is 3.40. The SMILES string of the molecule is C=CCOC(=O)c1ccc2c(=O)c3cc(C)ccc3sc2c1. The highest BCUT2D eigenvalue weighted by Gasteiger charge is 2.11. The predicted octanol–water partition coefficient (Wildman–Crippen LogP) is 4.07. The van der Waals surface area contributed by atoms with Gasteiger partial charge in [-0.05, 0) is 37.3 Å². The first-order valence-corrected chi connectivity index (χ1v) is 7.67. The van der Waals surface area contributed by atoms with Crippen LogP contribution in [0.3, 0.4) is 0 Å². The summed E-state index contributed by atoms with van der Waals surface area (Å²) in [5.74, 6) is -0.412. The van der Waals surface area contributed by atoms with E-state index in [1.807, 2.05) is 25.1 Å². The van der Waals surface area contributed by atoms with E-state index in [4.69, 9.17) is 4.74 Å². The van der Waals surface area contributed by atoms with Gasteiger partial charge in [0, 0.05) is 20.2 Å². The van der Waals surface area contributed by atoms with Crippen molar-refractivity contribution in [3.8, 4) is 0 Å². The molecule has 0 spiro atoms. The highest BCUT2D eigenvalue weighted by atomic mass is 32.1. The standard InChI is InChI=1S/C18H14O3S/c1-3-8-21-18(20)12-5-6-13-16(10-12)22-15-7-4-11(2)9-14(15)17(13)19/h3-7,9-10H,1,8H2,2H3. The Kier molecular flexibility index (Phi) is 3.77. The predicted molar refractivity (Wildman–Crippen MR) is 90.8 cm³/mol. The molecule has 0 saturated heterocycles. The smallest absolute Gasteiger partial charge is 0.338 e. The first-order chi connectivity index (χ1) is 10.6. The lowest BCUT2D eigenvalue weighted by molar-refractivity contribution is 0.0550. The van der Waals surface area contributed by atoms with Crippen molar-refractivity contribution in [1.82, 2.24) is 0 Å². The van der Waals surface area contributed by atoms with E-state index in [9.17, 15) is 9.59 Å².